The standard InChI is InChI=1S/C20H17FN2O4S/c1-2-26-15-7-8-16-17(11-15)28-20(22-16)23-18(24)12-27-19(25)9-6-13-4-3-5-14(21)10-13/h3-11H,2,12H2,1H3,(H,22,23,24)/b9-6+. The number of aromatic nitrogens is 1. The van der Waals surface area contributed by atoms with Gasteiger partial charge >= 0.3 is 5.97 Å². The van der Waals surface area contributed by atoms with Crippen LogP contribution in [0.5, 0.6) is 5.75 Å². The van der Waals surface area contributed by atoms with Gasteiger partial charge in [-0.25, -0.2) is 14.2 Å². The summed E-state index contributed by atoms with van der Waals surface area (Å²) < 4.78 is 24.3. The van der Waals surface area contributed by atoms with Crippen LogP contribution in [0.4, 0.5) is 9.52 Å². The van der Waals surface area contributed by atoms with Crippen LogP contribution in [0.3, 0.4) is 0 Å². The van der Waals surface area contributed by atoms with Crippen molar-refractivity contribution >= 4 is 44.6 Å². The van der Waals surface area contributed by atoms with E-state index in [1.807, 2.05) is 25.1 Å². The average molecular weight is 400 g/mol. The first-order chi connectivity index (χ1) is 13.5. The fourth-order valence-electron chi connectivity index (χ4n) is 2.33. The van der Waals surface area contributed by atoms with Crippen LogP contribution in [-0.4, -0.2) is 30.1 Å². The second-order valence-corrected chi connectivity index (χ2v) is 6.66. The average Bonchev–Trinajstić information content (AvgIpc) is 3.06. The number of rotatable bonds is 7. The number of hydrogen-bond donors (Lipinski definition) is 1. The Bertz CT molecular complexity index is 1030. The van der Waals surface area contributed by atoms with Gasteiger partial charge in [-0.1, -0.05) is 23.5 Å². The highest BCUT2D eigenvalue weighted by Crippen LogP contribution is 2.29. The maximum absolute atomic E-state index is 13.1. The summed E-state index contributed by atoms with van der Waals surface area (Å²) in [5.41, 5.74) is 1.25. The maximum Gasteiger partial charge on any atom is 0.331 e. The van der Waals surface area contributed by atoms with Crippen molar-refractivity contribution in [3.63, 3.8) is 0 Å². The molecule has 6 nitrogen and oxygen atoms in total. The van der Waals surface area contributed by atoms with Crippen LogP contribution in [0.15, 0.2) is 48.5 Å². The molecule has 3 rings (SSSR count). The lowest BCUT2D eigenvalue weighted by molar-refractivity contribution is -0.142. The lowest BCUT2D eigenvalue weighted by atomic mass is 10.2. The molecule has 3 aromatic rings. The van der Waals surface area contributed by atoms with Gasteiger partial charge in [0, 0.05) is 6.08 Å². The van der Waals surface area contributed by atoms with Gasteiger partial charge in [-0.15, -0.1) is 0 Å². The van der Waals surface area contributed by atoms with Gasteiger partial charge in [-0.05, 0) is 48.9 Å². The van der Waals surface area contributed by atoms with Gasteiger partial charge in [0.05, 0.1) is 16.8 Å². The van der Waals surface area contributed by atoms with E-state index in [0.717, 1.165) is 22.0 Å². The van der Waals surface area contributed by atoms with E-state index in [4.69, 9.17) is 9.47 Å². The number of amides is 1. The van der Waals surface area contributed by atoms with E-state index >= 15 is 0 Å². The Kier molecular flexibility index (Phi) is 6.33. The lowest BCUT2D eigenvalue weighted by Gasteiger charge is -2.02. The highest BCUT2D eigenvalue weighted by atomic mass is 32.1. The maximum atomic E-state index is 13.1. The molecule has 0 aliphatic carbocycles. The molecule has 0 unspecified atom stereocenters. The van der Waals surface area contributed by atoms with Crippen molar-refractivity contribution in [2.45, 2.75) is 6.92 Å². The van der Waals surface area contributed by atoms with E-state index in [-0.39, 0.29) is 0 Å². The minimum Gasteiger partial charge on any atom is -0.494 e. The number of nitrogens with one attached hydrogen (secondary N) is 1. The molecule has 1 heterocycles. The first-order valence-electron chi connectivity index (χ1n) is 8.47. The highest BCUT2D eigenvalue weighted by Gasteiger charge is 2.10. The van der Waals surface area contributed by atoms with E-state index in [1.54, 1.807) is 6.07 Å². The van der Waals surface area contributed by atoms with Crippen molar-refractivity contribution in [3.05, 3.63) is 59.9 Å². The third kappa shape index (κ3) is 5.37. The summed E-state index contributed by atoms with van der Waals surface area (Å²) in [6.45, 7) is 2.01. The van der Waals surface area contributed by atoms with Crippen LogP contribution in [0.25, 0.3) is 16.3 Å². The largest absolute Gasteiger partial charge is 0.494 e. The third-order valence-corrected chi connectivity index (χ3v) is 4.46. The van der Waals surface area contributed by atoms with E-state index in [2.05, 4.69) is 10.3 Å². The summed E-state index contributed by atoms with van der Waals surface area (Å²) in [4.78, 5) is 28.0. The Morgan fingerprint density at radius 1 is 1.25 bits per heavy atom. The molecule has 1 aromatic heterocycles. The molecule has 0 bridgehead atoms. The minimum absolute atomic E-state index is 0.403. The van der Waals surface area contributed by atoms with Gasteiger partial charge in [0.15, 0.2) is 11.7 Å². The normalized spacial score (nSPS) is 10.9. The first-order valence-corrected chi connectivity index (χ1v) is 9.29. The molecule has 0 atom stereocenters. The van der Waals surface area contributed by atoms with Crippen molar-refractivity contribution in [2.24, 2.45) is 0 Å². The van der Waals surface area contributed by atoms with E-state index in [9.17, 15) is 14.0 Å². The fraction of sp³-hybridized carbons (Fsp3) is 0.150. The highest BCUT2D eigenvalue weighted by molar-refractivity contribution is 7.22. The zero-order chi connectivity index (χ0) is 19.9. The first kappa shape index (κ1) is 19.5. The molecule has 0 saturated carbocycles. The molecule has 8 heteroatoms. The number of ether oxygens (including phenoxy) is 2. The van der Waals surface area contributed by atoms with Gasteiger partial charge in [0.2, 0.25) is 0 Å². The Morgan fingerprint density at radius 3 is 2.89 bits per heavy atom. The molecule has 28 heavy (non-hydrogen) atoms. The number of nitrogens with zero attached hydrogens (tertiary/aromatic N) is 1. The van der Waals surface area contributed by atoms with Crippen LogP contribution < -0.4 is 10.1 Å². The zero-order valence-electron chi connectivity index (χ0n) is 15.0. The monoisotopic (exact) mass is 400 g/mol. The van der Waals surface area contributed by atoms with Crippen LogP contribution in [0.2, 0.25) is 0 Å². The number of anilines is 1. The van der Waals surface area contributed by atoms with Gasteiger partial charge in [-0.3, -0.25) is 10.1 Å². The van der Waals surface area contributed by atoms with Crippen LogP contribution >= 0.6 is 11.3 Å². The molecule has 0 saturated heterocycles. The summed E-state index contributed by atoms with van der Waals surface area (Å²) in [5, 5.41) is 3.00. The number of hydrogen-bond acceptors (Lipinski definition) is 6. The molecule has 1 N–H and O–H groups in total. The van der Waals surface area contributed by atoms with E-state index in [1.165, 1.54) is 35.6 Å². The molecule has 0 aliphatic heterocycles. The molecule has 0 spiro atoms. The van der Waals surface area contributed by atoms with Gasteiger partial charge in [0.25, 0.3) is 5.91 Å². The number of fused-ring (bicyclic) bond motifs is 1. The number of esters is 1. The van der Waals surface area contributed by atoms with E-state index < -0.39 is 24.3 Å². The van der Waals surface area contributed by atoms with E-state index in [0.29, 0.717) is 17.3 Å². The smallest absolute Gasteiger partial charge is 0.331 e. The van der Waals surface area contributed by atoms with Crippen molar-refractivity contribution in [2.75, 3.05) is 18.5 Å². The zero-order valence-corrected chi connectivity index (χ0v) is 15.8. The molecule has 144 valence electrons. The van der Waals surface area contributed by atoms with Crippen molar-refractivity contribution in [1.29, 1.82) is 0 Å². The number of carbonyl (C=O) groups excluding carboxylic acids is 2. The Hall–Kier alpha value is -3.26. The van der Waals surface area contributed by atoms with Crippen molar-refractivity contribution < 1.29 is 23.5 Å². The predicted molar refractivity (Wildman–Crippen MR) is 106 cm³/mol. The summed E-state index contributed by atoms with van der Waals surface area (Å²) in [5.74, 6) is -0.878. The van der Waals surface area contributed by atoms with Crippen LogP contribution in [0.1, 0.15) is 12.5 Å². The molecular weight excluding hydrogens is 383 g/mol. The summed E-state index contributed by atoms with van der Waals surface area (Å²) in [6, 6.07) is 11.2. The van der Waals surface area contributed by atoms with Crippen molar-refractivity contribution in [3.8, 4) is 5.75 Å². The number of carbonyl (C=O) groups is 2. The topological polar surface area (TPSA) is 77.5 Å². The molecule has 0 fully saturated rings. The van der Waals surface area contributed by atoms with Gasteiger partial charge in [-0.2, -0.15) is 0 Å². The molecule has 0 radical (unpaired) electrons. The predicted octanol–water partition coefficient (Wildman–Crippen LogP) is 4.03. The van der Waals surface area contributed by atoms with Crippen LogP contribution in [-0.2, 0) is 14.3 Å². The molecule has 1 amide bonds. The summed E-state index contributed by atoms with van der Waals surface area (Å²) >= 11 is 1.30. The SMILES string of the molecule is CCOc1ccc2nc(NC(=O)COC(=O)/C=C/c3cccc(F)c3)sc2c1. The number of thiazole rings is 1. The van der Waals surface area contributed by atoms with Crippen molar-refractivity contribution in [1.82, 2.24) is 4.98 Å². The second kappa shape index (κ2) is 9.09. The third-order valence-electron chi connectivity index (χ3n) is 3.52. The van der Waals surface area contributed by atoms with Gasteiger partial charge < -0.3 is 9.47 Å². The second-order valence-electron chi connectivity index (χ2n) is 5.63. The molecule has 0 aliphatic rings. The Labute approximate surface area is 164 Å². The quantitative estimate of drug-likeness (QED) is 0.479. The Morgan fingerprint density at radius 2 is 2.11 bits per heavy atom. The Balaban J connectivity index is 1.52. The number of benzene rings is 2. The minimum atomic E-state index is -0.704. The molecule has 2 aromatic carbocycles. The summed E-state index contributed by atoms with van der Waals surface area (Å²) in [6.07, 6.45) is 2.54. The van der Waals surface area contributed by atoms with Crippen LogP contribution in [0, 0.1) is 5.82 Å². The fourth-order valence-corrected chi connectivity index (χ4v) is 3.24. The molecular formula is C20H17FN2O4S. The van der Waals surface area contributed by atoms with Gasteiger partial charge in [0.1, 0.15) is 11.6 Å². The number of halogens is 1. The lowest BCUT2D eigenvalue weighted by Crippen LogP contribution is -2.19. The summed E-state index contributed by atoms with van der Waals surface area (Å²) in [7, 11) is 0.